The minimum absolute atomic E-state index is 0.0547. The molecule has 104 valence electrons. The number of pyridine rings is 1. The monoisotopic (exact) mass is 401 g/mol. The van der Waals surface area contributed by atoms with Gasteiger partial charge >= 0.3 is 0 Å². The first-order valence-corrected chi connectivity index (χ1v) is 7.00. The van der Waals surface area contributed by atoms with Crippen LogP contribution in [0.25, 0.3) is 0 Å². The molecule has 0 spiro atoms. The van der Waals surface area contributed by atoms with Crippen molar-refractivity contribution in [3.05, 3.63) is 49.0 Å². The number of non-ortho nitro benzene ring substituents is 1. The van der Waals surface area contributed by atoms with Gasteiger partial charge in [0.1, 0.15) is 0 Å². The normalized spacial score (nSPS) is 10.3. The van der Waals surface area contributed by atoms with Crippen molar-refractivity contribution in [2.75, 3.05) is 5.73 Å². The topological polar surface area (TPSA) is 91.3 Å². The number of nitrogens with zero attached hydrogens (tertiary/aromatic N) is 2. The van der Waals surface area contributed by atoms with Gasteiger partial charge in [0.2, 0.25) is 5.88 Å². The summed E-state index contributed by atoms with van der Waals surface area (Å²) < 4.78 is 6.47. The van der Waals surface area contributed by atoms with Gasteiger partial charge in [-0.05, 0) is 50.4 Å². The Morgan fingerprint density at radius 2 is 1.90 bits per heavy atom. The van der Waals surface area contributed by atoms with Crippen LogP contribution in [0.1, 0.15) is 5.56 Å². The standard InChI is InChI=1S/C12H9Br2N3O3/c1-6-2-10(15)12(16-5-6)20-11-8(13)3-7(17(18)19)4-9(11)14/h2-5H,15H2,1H3. The number of nitrogens with two attached hydrogens (primary N) is 1. The van der Waals surface area contributed by atoms with Crippen molar-refractivity contribution in [1.82, 2.24) is 4.98 Å². The van der Waals surface area contributed by atoms with Crippen LogP contribution in [0.4, 0.5) is 11.4 Å². The molecule has 1 aromatic carbocycles. The van der Waals surface area contributed by atoms with Crippen LogP contribution in [0.2, 0.25) is 0 Å². The van der Waals surface area contributed by atoms with Gasteiger partial charge in [-0.1, -0.05) is 0 Å². The molecule has 2 aromatic rings. The van der Waals surface area contributed by atoms with Gasteiger partial charge in [-0.15, -0.1) is 0 Å². The predicted molar refractivity (Wildman–Crippen MR) is 82.0 cm³/mol. The first-order chi connectivity index (χ1) is 9.38. The number of hydrogen-bond donors (Lipinski definition) is 1. The fraction of sp³-hybridized carbons (Fsp3) is 0.0833. The van der Waals surface area contributed by atoms with Gasteiger partial charge in [0.25, 0.3) is 5.69 Å². The summed E-state index contributed by atoms with van der Waals surface area (Å²) in [5.74, 6) is 0.615. The Hall–Kier alpha value is -1.67. The number of aryl methyl sites for hydroxylation is 1. The summed E-state index contributed by atoms with van der Waals surface area (Å²) >= 11 is 6.47. The van der Waals surface area contributed by atoms with Gasteiger partial charge in [0, 0.05) is 18.3 Å². The van der Waals surface area contributed by atoms with E-state index in [4.69, 9.17) is 10.5 Å². The number of hydrogen-bond acceptors (Lipinski definition) is 5. The zero-order valence-corrected chi connectivity index (χ0v) is 13.4. The summed E-state index contributed by atoms with van der Waals surface area (Å²) in [5, 5.41) is 10.8. The summed E-state index contributed by atoms with van der Waals surface area (Å²) in [6.07, 6.45) is 1.62. The van der Waals surface area contributed by atoms with Gasteiger partial charge in [0.05, 0.1) is 19.6 Å². The van der Waals surface area contributed by atoms with Crippen LogP contribution in [0.15, 0.2) is 33.3 Å². The Morgan fingerprint density at radius 1 is 1.30 bits per heavy atom. The number of rotatable bonds is 3. The highest BCUT2D eigenvalue weighted by atomic mass is 79.9. The largest absolute Gasteiger partial charge is 0.435 e. The van der Waals surface area contributed by atoms with Crippen LogP contribution < -0.4 is 10.5 Å². The third kappa shape index (κ3) is 3.07. The lowest BCUT2D eigenvalue weighted by atomic mass is 10.3. The number of nitro groups is 1. The SMILES string of the molecule is Cc1cnc(Oc2c(Br)cc([N+](=O)[O-])cc2Br)c(N)c1. The lowest BCUT2D eigenvalue weighted by molar-refractivity contribution is -0.385. The molecule has 0 bridgehead atoms. The molecular formula is C12H9Br2N3O3. The van der Waals surface area contributed by atoms with Gasteiger partial charge in [-0.3, -0.25) is 10.1 Å². The molecule has 0 saturated carbocycles. The maximum absolute atomic E-state index is 10.8. The van der Waals surface area contributed by atoms with Crippen molar-refractivity contribution >= 4 is 43.2 Å². The Morgan fingerprint density at radius 3 is 2.40 bits per heavy atom. The van der Waals surface area contributed by atoms with Crippen LogP contribution in [0.5, 0.6) is 11.6 Å². The van der Waals surface area contributed by atoms with E-state index in [1.165, 1.54) is 12.1 Å². The molecule has 0 amide bonds. The minimum Gasteiger partial charge on any atom is -0.435 e. The Kier molecular flexibility index (Phi) is 4.24. The second-order valence-corrected chi connectivity index (χ2v) is 5.71. The smallest absolute Gasteiger partial charge is 0.271 e. The van der Waals surface area contributed by atoms with Gasteiger partial charge < -0.3 is 10.5 Å². The first-order valence-electron chi connectivity index (χ1n) is 5.42. The van der Waals surface area contributed by atoms with E-state index < -0.39 is 4.92 Å². The Balaban J connectivity index is 2.41. The van der Waals surface area contributed by atoms with Crippen molar-refractivity contribution in [3.8, 4) is 11.6 Å². The molecule has 1 heterocycles. The third-order valence-corrected chi connectivity index (χ3v) is 3.59. The summed E-state index contributed by atoms with van der Waals surface area (Å²) in [7, 11) is 0. The molecule has 8 heteroatoms. The molecule has 2 N–H and O–H groups in total. The summed E-state index contributed by atoms with van der Waals surface area (Å²) in [5.41, 5.74) is 7.07. The number of nitrogen functional groups attached to an aromatic ring is 1. The number of ether oxygens (including phenoxy) is 1. The number of benzene rings is 1. The number of anilines is 1. The molecule has 2 rings (SSSR count). The molecule has 0 aliphatic heterocycles. The molecule has 0 radical (unpaired) electrons. The maximum atomic E-state index is 10.8. The van der Waals surface area contributed by atoms with Crippen molar-refractivity contribution < 1.29 is 9.66 Å². The number of halogens is 2. The first kappa shape index (κ1) is 14.7. The molecule has 6 nitrogen and oxygen atoms in total. The highest BCUT2D eigenvalue weighted by Crippen LogP contribution is 2.40. The quantitative estimate of drug-likeness (QED) is 0.613. The third-order valence-electron chi connectivity index (χ3n) is 2.41. The van der Waals surface area contributed by atoms with E-state index in [0.29, 0.717) is 20.4 Å². The second kappa shape index (κ2) is 5.76. The van der Waals surface area contributed by atoms with Crippen LogP contribution in [-0.4, -0.2) is 9.91 Å². The fourth-order valence-corrected chi connectivity index (χ4v) is 2.83. The van der Waals surface area contributed by atoms with Crippen LogP contribution in [0, 0.1) is 17.0 Å². The molecular weight excluding hydrogens is 394 g/mol. The fourth-order valence-electron chi connectivity index (χ4n) is 1.51. The van der Waals surface area contributed by atoms with Crippen LogP contribution in [-0.2, 0) is 0 Å². The molecule has 0 aliphatic rings. The second-order valence-electron chi connectivity index (χ2n) is 4.00. The molecule has 0 atom stereocenters. The summed E-state index contributed by atoms with van der Waals surface area (Å²) in [6, 6.07) is 4.44. The zero-order valence-electron chi connectivity index (χ0n) is 10.3. The van der Waals surface area contributed by atoms with Gasteiger partial charge in [-0.2, -0.15) is 0 Å². The highest BCUT2D eigenvalue weighted by molar-refractivity contribution is 9.11. The Labute approximate surface area is 131 Å². The lowest BCUT2D eigenvalue weighted by Gasteiger charge is -2.11. The molecule has 1 aromatic heterocycles. The molecule has 0 unspecified atom stereocenters. The van der Waals surface area contributed by atoms with E-state index in [9.17, 15) is 10.1 Å². The lowest BCUT2D eigenvalue weighted by Crippen LogP contribution is -1.97. The predicted octanol–water partition coefficient (Wildman–Crippen LogP) is 4.20. The zero-order chi connectivity index (χ0) is 14.9. The van der Waals surface area contributed by atoms with Crippen molar-refractivity contribution in [2.45, 2.75) is 6.92 Å². The summed E-state index contributed by atoms with van der Waals surface area (Å²) in [4.78, 5) is 14.4. The van der Waals surface area contributed by atoms with Gasteiger partial charge in [0.15, 0.2) is 5.75 Å². The maximum Gasteiger partial charge on any atom is 0.271 e. The van der Waals surface area contributed by atoms with E-state index in [-0.39, 0.29) is 11.6 Å². The molecule has 20 heavy (non-hydrogen) atoms. The van der Waals surface area contributed by atoms with E-state index in [2.05, 4.69) is 36.8 Å². The van der Waals surface area contributed by atoms with Gasteiger partial charge in [-0.25, -0.2) is 4.98 Å². The Bertz CT molecular complexity index is 669. The van der Waals surface area contributed by atoms with Crippen molar-refractivity contribution in [2.24, 2.45) is 0 Å². The average molecular weight is 403 g/mol. The molecule has 0 saturated heterocycles. The average Bonchev–Trinajstić information content (AvgIpc) is 2.35. The molecule has 0 aliphatic carbocycles. The number of aromatic nitrogens is 1. The van der Waals surface area contributed by atoms with Crippen molar-refractivity contribution in [1.29, 1.82) is 0 Å². The highest BCUT2D eigenvalue weighted by Gasteiger charge is 2.17. The van der Waals surface area contributed by atoms with E-state index in [0.717, 1.165) is 5.56 Å². The number of nitro benzene ring substituents is 1. The van der Waals surface area contributed by atoms with Crippen molar-refractivity contribution in [3.63, 3.8) is 0 Å². The minimum atomic E-state index is -0.488. The molecule has 0 fully saturated rings. The van der Waals surface area contributed by atoms with E-state index >= 15 is 0 Å². The van der Waals surface area contributed by atoms with E-state index in [1.807, 2.05) is 6.92 Å². The van der Waals surface area contributed by atoms with Crippen LogP contribution >= 0.6 is 31.9 Å². The van der Waals surface area contributed by atoms with Crippen LogP contribution in [0.3, 0.4) is 0 Å². The van der Waals surface area contributed by atoms with E-state index in [1.54, 1.807) is 12.3 Å². The summed E-state index contributed by atoms with van der Waals surface area (Å²) in [6.45, 7) is 1.87.